The molecule has 0 amide bonds. The molecule has 0 aliphatic heterocycles. The highest BCUT2D eigenvalue weighted by Gasteiger charge is 2.05. The maximum Gasteiger partial charge on any atom is 0.163 e. The van der Waals surface area contributed by atoms with Gasteiger partial charge in [0.1, 0.15) is 11.6 Å². The molecule has 6 heteroatoms. The van der Waals surface area contributed by atoms with Crippen molar-refractivity contribution in [2.75, 3.05) is 0 Å². The zero-order chi connectivity index (χ0) is 16.9. The van der Waals surface area contributed by atoms with Gasteiger partial charge in [-0.15, -0.1) is 0 Å². The van der Waals surface area contributed by atoms with Crippen molar-refractivity contribution in [1.82, 2.24) is 19.9 Å². The van der Waals surface area contributed by atoms with Gasteiger partial charge in [0.2, 0.25) is 0 Å². The lowest BCUT2D eigenvalue weighted by atomic mass is 10.2. The number of Topliss-reactive ketones (excluding diaryl/α,β-unsaturated/α-hetero) is 2. The molecular formula is C16H20N4O2. The fourth-order valence-corrected chi connectivity index (χ4v) is 1.86. The van der Waals surface area contributed by atoms with E-state index in [9.17, 15) is 9.59 Å². The number of hydrogen-bond donors (Lipinski definition) is 0. The van der Waals surface area contributed by atoms with Crippen LogP contribution < -0.4 is 0 Å². The van der Waals surface area contributed by atoms with Gasteiger partial charge in [0.25, 0.3) is 0 Å². The summed E-state index contributed by atoms with van der Waals surface area (Å²) in [6.45, 7) is 10.3. The Morgan fingerprint density at radius 2 is 1.05 bits per heavy atom. The minimum Gasteiger partial charge on any atom is -0.294 e. The van der Waals surface area contributed by atoms with Crippen LogP contribution in [0, 0.1) is 27.7 Å². The van der Waals surface area contributed by atoms with Gasteiger partial charge in [-0.25, -0.2) is 19.9 Å². The second-order valence-corrected chi connectivity index (χ2v) is 4.94. The van der Waals surface area contributed by atoms with Crippen LogP contribution in [0.25, 0.3) is 0 Å². The molecule has 0 bridgehead atoms. The molecule has 0 spiro atoms. The minimum absolute atomic E-state index is 0.0162. The summed E-state index contributed by atoms with van der Waals surface area (Å²) < 4.78 is 0. The summed E-state index contributed by atoms with van der Waals surface area (Å²) in [5.74, 6) is 1.44. The SMILES string of the molecule is CC(=O)c1cnc(C)nc1C.CC(=O)c1cnc(C)nc1C. The summed E-state index contributed by atoms with van der Waals surface area (Å²) in [7, 11) is 0. The molecular weight excluding hydrogens is 280 g/mol. The molecule has 2 aromatic rings. The van der Waals surface area contributed by atoms with Gasteiger partial charge in [0, 0.05) is 12.4 Å². The number of rotatable bonds is 2. The molecule has 2 heterocycles. The quantitative estimate of drug-likeness (QED) is 0.792. The second-order valence-electron chi connectivity index (χ2n) is 4.94. The molecule has 0 fully saturated rings. The van der Waals surface area contributed by atoms with Gasteiger partial charge in [-0.1, -0.05) is 0 Å². The fraction of sp³-hybridized carbons (Fsp3) is 0.375. The number of carbonyl (C=O) groups is 2. The number of ketones is 2. The van der Waals surface area contributed by atoms with E-state index in [1.807, 2.05) is 13.8 Å². The first-order valence-electron chi connectivity index (χ1n) is 6.84. The summed E-state index contributed by atoms with van der Waals surface area (Å²) >= 11 is 0. The molecule has 0 atom stereocenters. The lowest BCUT2D eigenvalue weighted by Crippen LogP contribution is -2.01. The number of hydrogen-bond acceptors (Lipinski definition) is 6. The van der Waals surface area contributed by atoms with E-state index >= 15 is 0 Å². The van der Waals surface area contributed by atoms with Gasteiger partial charge in [0.05, 0.1) is 22.5 Å². The average molecular weight is 300 g/mol. The van der Waals surface area contributed by atoms with Crippen LogP contribution in [0.2, 0.25) is 0 Å². The molecule has 0 aliphatic carbocycles. The van der Waals surface area contributed by atoms with Gasteiger partial charge in [0.15, 0.2) is 11.6 Å². The van der Waals surface area contributed by atoms with Crippen LogP contribution in [0.3, 0.4) is 0 Å². The summed E-state index contributed by atoms with van der Waals surface area (Å²) in [5.41, 5.74) is 2.72. The monoisotopic (exact) mass is 300 g/mol. The predicted octanol–water partition coefficient (Wildman–Crippen LogP) is 2.59. The van der Waals surface area contributed by atoms with E-state index < -0.39 is 0 Å². The highest BCUT2D eigenvalue weighted by molar-refractivity contribution is 5.95. The van der Waals surface area contributed by atoms with Gasteiger partial charge in [-0.05, 0) is 41.5 Å². The molecule has 0 radical (unpaired) electrons. The first kappa shape index (κ1) is 17.6. The van der Waals surface area contributed by atoms with Gasteiger partial charge < -0.3 is 0 Å². The third-order valence-electron chi connectivity index (χ3n) is 2.96. The molecule has 0 N–H and O–H groups in total. The van der Waals surface area contributed by atoms with E-state index in [4.69, 9.17) is 0 Å². The number of aryl methyl sites for hydroxylation is 4. The highest BCUT2D eigenvalue weighted by atomic mass is 16.1. The van der Waals surface area contributed by atoms with Gasteiger partial charge in [-0.2, -0.15) is 0 Å². The van der Waals surface area contributed by atoms with E-state index in [0.29, 0.717) is 22.8 Å². The smallest absolute Gasteiger partial charge is 0.163 e. The van der Waals surface area contributed by atoms with Crippen molar-refractivity contribution in [2.24, 2.45) is 0 Å². The molecule has 2 rings (SSSR count). The summed E-state index contributed by atoms with van der Waals surface area (Å²) in [4.78, 5) is 37.8. The maximum absolute atomic E-state index is 10.9. The molecule has 6 nitrogen and oxygen atoms in total. The zero-order valence-electron chi connectivity index (χ0n) is 13.8. The number of aromatic nitrogens is 4. The first-order valence-corrected chi connectivity index (χ1v) is 6.84. The fourth-order valence-electron chi connectivity index (χ4n) is 1.86. The zero-order valence-corrected chi connectivity index (χ0v) is 13.8. The second kappa shape index (κ2) is 7.49. The van der Waals surface area contributed by atoms with E-state index in [0.717, 1.165) is 11.4 Å². The van der Waals surface area contributed by atoms with Crippen molar-refractivity contribution in [3.63, 3.8) is 0 Å². The maximum atomic E-state index is 10.9. The number of carbonyl (C=O) groups excluding carboxylic acids is 2. The molecule has 0 aliphatic rings. The topological polar surface area (TPSA) is 85.7 Å². The molecule has 116 valence electrons. The van der Waals surface area contributed by atoms with Gasteiger partial charge >= 0.3 is 0 Å². The summed E-state index contributed by atoms with van der Waals surface area (Å²) in [5, 5.41) is 0. The molecule has 0 aromatic carbocycles. The number of nitrogens with zero attached hydrogens (tertiary/aromatic N) is 4. The summed E-state index contributed by atoms with van der Waals surface area (Å²) in [6, 6.07) is 0. The average Bonchev–Trinajstić information content (AvgIpc) is 2.38. The molecule has 0 saturated heterocycles. The van der Waals surface area contributed by atoms with Crippen LogP contribution >= 0.6 is 0 Å². The van der Waals surface area contributed by atoms with Crippen LogP contribution in [0.15, 0.2) is 12.4 Å². The lowest BCUT2D eigenvalue weighted by Gasteiger charge is -1.99. The van der Waals surface area contributed by atoms with Crippen LogP contribution in [-0.4, -0.2) is 31.5 Å². The van der Waals surface area contributed by atoms with E-state index in [-0.39, 0.29) is 11.6 Å². The largest absolute Gasteiger partial charge is 0.294 e. The van der Waals surface area contributed by atoms with E-state index in [2.05, 4.69) is 19.9 Å². The Morgan fingerprint density at radius 1 is 0.727 bits per heavy atom. The van der Waals surface area contributed by atoms with Gasteiger partial charge in [-0.3, -0.25) is 9.59 Å². The minimum atomic E-state index is 0.0162. The van der Waals surface area contributed by atoms with Crippen molar-refractivity contribution in [3.8, 4) is 0 Å². The van der Waals surface area contributed by atoms with Crippen LogP contribution in [0.1, 0.15) is 57.6 Å². The molecule has 0 unspecified atom stereocenters. The molecule has 22 heavy (non-hydrogen) atoms. The van der Waals surface area contributed by atoms with Crippen LogP contribution in [0.5, 0.6) is 0 Å². The Balaban J connectivity index is 0.000000220. The summed E-state index contributed by atoms with van der Waals surface area (Å²) in [6.07, 6.45) is 3.14. The Kier molecular flexibility index (Phi) is 5.98. The third-order valence-corrected chi connectivity index (χ3v) is 2.96. The highest BCUT2D eigenvalue weighted by Crippen LogP contribution is 2.04. The Labute approximate surface area is 130 Å². The van der Waals surface area contributed by atoms with Crippen molar-refractivity contribution in [2.45, 2.75) is 41.5 Å². The van der Waals surface area contributed by atoms with Crippen molar-refractivity contribution in [3.05, 3.63) is 46.6 Å². The lowest BCUT2D eigenvalue weighted by molar-refractivity contribution is 0.100. The van der Waals surface area contributed by atoms with Crippen molar-refractivity contribution >= 4 is 11.6 Å². The van der Waals surface area contributed by atoms with Crippen molar-refractivity contribution < 1.29 is 9.59 Å². The Bertz CT molecular complexity index is 650. The third kappa shape index (κ3) is 4.80. The van der Waals surface area contributed by atoms with E-state index in [1.165, 1.54) is 13.8 Å². The molecule has 2 aromatic heterocycles. The van der Waals surface area contributed by atoms with Crippen LogP contribution in [-0.2, 0) is 0 Å². The van der Waals surface area contributed by atoms with Crippen molar-refractivity contribution in [1.29, 1.82) is 0 Å². The Hall–Kier alpha value is -2.50. The Morgan fingerprint density at radius 3 is 1.27 bits per heavy atom. The van der Waals surface area contributed by atoms with Crippen LogP contribution in [0.4, 0.5) is 0 Å². The molecule has 0 saturated carbocycles. The first-order chi connectivity index (χ1) is 10.2. The standard InChI is InChI=1S/2C8H10N2O/c2*1-5-8(6(2)11)4-9-7(3)10-5/h2*4H,1-3H3. The normalized spacial score (nSPS) is 9.73. The van der Waals surface area contributed by atoms with E-state index in [1.54, 1.807) is 26.2 Å². The predicted molar refractivity (Wildman–Crippen MR) is 83.0 cm³/mol.